The number of carbonyl (C=O) groups is 1. The predicted molar refractivity (Wildman–Crippen MR) is 50.6 cm³/mol. The molecule has 0 saturated heterocycles. The van der Waals surface area contributed by atoms with Gasteiger partial charge in [0.2, 0.25) is 0 Å². The fourth-order valence-electron chi connectivity index (χ4n) is 1.21. The van der Waals surface area contributed by atoms with Crippen LogP contribution in [0.3, 0.4) is 0 Å². The van der Waals surface area contributed by atoms with Gasteiger partial charge in [0, 0.05) is 7.11 Å². The van der Waals surface area contributed by atoms with Crippen LogP contribution in [0.1, 0.15) is 10.5 Å². The summed E-state index contributed by atoms with van der Waals surface area (Å²) in [6.45, 7) is -0.0359. The second-order valence-electron chi connectivity index (χ2n) is 2.94. The van der Waals surface area contributed by atoms with Gasteiger partial charge in [-0.2, -0.15) is 4.68 Å². The molecular formula is C7H8N6O3. The van der Waals surface area contributed by atoms with E-state index in [4.69, 9.17) is 10.5 Å². The Balaban J connectivity index is 2.69. The normalized spacial score (nSPS) is 10.8. The molecule has 2 heterocycles. The first kappa shape index (κ1) is 10.2. The zero-order chi connectivity index (χ0) is 11.7. The first-order valence-corrected chi connectivity index (χ1v) is 4.24. The minimum Gasteiger partial charge on any atom is -0.364 e. The SMILES string of the molecule is COCn1nnc2c(C(N)=O)ncn2c1=O. The molecule has 1 amide bonds. The Morgan fingerprint density at radius 2 is 2.38 bits per heavy atom. The number of amides is 1. The summed E-state index contributed by atoms with van der Waals surface area (Å²) in [6, 6.07) is 0. The molecule has 0 aromatic carbocycles. The topological polar surface area (TPSA) is 117 Å². The van der Waals surface area contributed by atoms with E-state index in [-0.39, 0.29) is 18.1 Å². The van der Waals surface area contributed by atoms with Gasteiger partial charge in [0.25, 0.3) is 5.91 Å². The van der Waals surface area contributed by atoms with Crippen LogP contribution >= 0.6 is 0 Å². The van der Waals surface area contributed by atoms with E-state index in [1.54, 1.807) is 0 Å². The lowest BCUT2D eigenvalue weighted by atomic mass is 10.4. The molecule has 9 heteroatoms. The Morgan fingerprint density at radius 1 is 1.62 bits per heavy atom. The molecule has 0 atom stereocenters. The number of aromatic nitrogens is 5. The monoisotopic (exact) mass is 224 g/mol. The quantitative estimate of drug-likeness (QED) is 0.643. The second-order valence-corrected chi connectivity index (χ2v) is 2.94. The fourth-order valence-corrected chi connectivity index (χ4v) is 1.21. The van der Waals surface area contributed by atoms with Gasteiger partial charge in [-0.25, -0.2) is 14.2 Å². The van der Waals surface area contributed by atoms with Gasteiger partial charge in [0.15, 0.2) is 11.3 Å². The molecule has 0 unspecified atom stereocenters. The molecule has 0 spiro atoms. The summed E-state index contributed by atoms with van der Waals surface area (Å²) in [5.74, 6) is -0.763. The van der Waals surface area contributed by atoms with E-state index in [0.717, 1.165) is 9.08 Å². The zero-order valence-corrected chi connectivity index (χ0v) is 8.32. The summed E-state index contributed by atoms with van der Waals surface area (Å²) >= 11 is 0. The van der Waals surface area contributed by atoms with Crippen LogP contribution < -0.4 is 11.4 Å². The maximum Gasteiger partial charge on any atom is 0.355 e. The van der Waals surface area contributed by atoms with Crippen molar-refractivity contribution in [1.29, 1.82) is 0 Å². The lowest BCUT2D eigenvalue weighted by molar-refractivity contribution is 0.0997. The van der Waals surface area contributed by atoms with Gasteiger partial charge in [0.05, 0.1) is 0 Å². The summed E-state index contributed by atoms with van der Waals surface area (Å²) in [6.07, 6.45) is 1.17. The number of hydrogen-bond donors (Lipinski definition) is 1. The highest BCUT2D eigenvalue weighted by atomic mass is 16.5. The van der Waals surface area contributed by atoms with Crippen LogP contribution in [0.15, 0.2) is 11.1 Å². The van der Waals surface area contributed by atoms with E-state index in [1.165, 1.54) is 13.4 Å². The molecule has 0 radical (unpaired) electrons. The number of imidazole rings is 1. The first-order valence-electron chi connectivity index (χ1n) is 4.24. The summed E-state index contributed by atoms with van der Waals surface area (Å²) in [4.78, 5) is 26.3. The summed E-state index contributed by atoms with van der Waals surface area (Å²) < 4.78 is 6.81. The molecule has 2 aromatic rings. The number of carbonyl (C=O) groups excluding carboxylic acids is 1. The Hall–Kier alpha value is -2.29. The smallest absolute Gasteiger partial charge is 0.355 e. The number of ether oxygens (including phenoxy) is 1. The van der Waals surface area contributed by atoms with Crippen LogP contribution in [0.4, 0.5) is 0 Å². The molecule has 9 nitrogen and oxygen atoms in total. The number of methoxy groups -OCH3 is 1. The largest absolute Gasteiger partial charge is 0.364 e. The summed E-state index contributed by atoms with van der Waals surface area (Å²) in [5, 5.41) is 7.25. The maximum absolute atomic E-state index is 11.7. The van der Waals surface area contributed by atoms with Crippen molar-refractivity contribution in [1.82, 2.24) is 24.4 Å². The number of rotatable bonds is 3. The lowest BCUT2D eigenvalue weighted by Gasteiger charge is -2.01. The van der Waals surface area contributed by atoms with Gasteiger partial charge in [-0.3, -0.25) is 4.79 Å². The molecule has 2 aromatic heterocycles. The Morgan fingerprint density at radius 3 is 3.00 bits per heavy atom. The van der Waals surface area contributed by atoms with Gasteiger partial charge < -0.3 is 10.5 Å². The highest BCUT2D eigenvalue weighted by Crippen LogP contribution is 2.00. The van der Waals surface area contributed by atoms with E-state index in [2.05, 4.69) is 15.3 Å². The Bertz CT molecular complexity index is 600. The van der Waals surface area contributed by atoms with Gasteiger partial charge in [-0.15, -0.1) is 5.10 Å². The molecular weight excluding hydrogens is 216 g/mol. The number of nitrogens with zero attached hydrogens (tertiary/aromatic N) is 5. The van der Waals surface area contributed by atoms with Gasteiger partial charge >= 0.3 is 5.69 Å². The fraction of sp³-hybridized carbons (Fsp3) is 0.286. The van der Waals surface area contributed by atoms with Crippen LogP contribution in [0, 0.1) is 0 Å². The molecule has 0 aliphatic heterocycles. The second kappa shape index (κ2) is 3.70. The number of hydrogen-bond acceptors (Lipinski definition) is 6. The minimum atomic E-state index is -0.763. The van der Waals surface area contributed by atoms with Crippen LogP contribution in [0.2, 0.25) is 0 Å². The van der Waals surface area contributed by atoms with Gasteiger partial charge in [0.1, 0.15) is 13.1 Å². The molecule has 0 aliphatic carbocycles. The van der Waals surface area contributed by atoms with E-state index in [0.29, 0.717) is 0 Å². The number of nitrogens with two attached hydrogens (primary N) is 1. The molecule has 2 N–H and O–H groups in total. The molecule has 84 valence electrons. The third-order valence-electron chi connectivity index (χ3n) is 1.90. The highest BCUT2D eigenvalue weighted by Gasteiger charge is 2.14. The average Bonchev–Trinajstić information content (AvgIpc) is 2.67. The highest BCUT2D eigenvalue weighted by molar-refractivity contribution is 5.96. The maximum atomic E-state index is 11.7. The summed E-state index contributed by atoms with van der Waals surface area (Å²) in [7, 11) is 1.42. The van der Waals surface area contributed by atoms with Crippen molar-refractivity contribution in [3.63, 3.8) is 0 Å². The Labute approximate surface area is 88.4 Å². The van der Waals surface area contributed by atoms with E-state index in [9.17, 15) is 9.59 Å². The standard InChI is InChI=1S/C7H8N6O3/c1-16-3-13-7(15)12-2-9-4(5(8)14)6(12)10-11-13/h2H,3H2,1H3,(H2,8,14). The first-order chi connectivity index (χ1) is 7.65. The molecule has 0 fully saturated rings. The molecule has 0 bridgehead atoms. The van der Waals surface area contributed by atoms with Crippen LogP contribution in [0.25, 0.3) is 5.65 Å². The minimum absolute atomic E-state index is 0.0323. The van der Waals surface area contributed by atoms with Crippen LogP contribution in [-0.4, -0.2) is 37.4 Å². The van der Waals surface area contributed by atoms with E-state index < -0.39 is 11.6 Å². The third-order valence-corrected chi connectivity index (χ3v) is 1.90. The van der Waals surface area contributed by atoms with E-state index in [1.807, 2.05) is 0 Å². The zero-order valence-electron chi connectivity index (χ0n) is 8.32. The van der Waals surface area contributed by atoms with Gasteiger partial charge in [-0.05, 0) is 0 Å². The third kappa shape index (κ3) is 1.42. The van der Waals surface area contributed by atoms with Crippen molar-refractivity contribution in [3.8, 4) is 0 Å². The predicted octanol–water partition coefficient (Wildman–Crippen LogP) is -2.01. The Kier molecular flexibility index (Phi) is 2.37. The molecule has 0 aliphatic rings. The molecule has 0 saturated carbocycles. The van der Waals surface area contributed by atoms with Crippen molar-refractivity contribution in [2.24, 2.45) is 5.73 Å². The van der Waals surface area contributed by atoms with Crippen molar-refractivity contribution in [2.45, 2.75) is 6.73 Å². The lowest BCUT2D eigenvalue weighted by Crippen LogP contribution is -2.30. The van der Waals surface area contributed by atoms with Crippen molar-refractivity contribution >= 4 is 11.6 Å². The molecule has 16 heavy (non-hydrogen) atoms. The van der Waals surface area contributed by atoms with Crippen molar-refractivity contribution in [2.75, 3.05) is 7.11 Å². The number of primary amides is 1. The average molecular weight is 224 g/mol. The number of fused-ring (bicyclic) bond motifs is 1. The van der Waals surface area contributed by atoms with Crippen LogP contribution in [-0.2, 0) is 11.5 Å². The van der Waals surface area contributed by atoms with Crippen molar-refractivity contribution in [3.05, 3.63) is 22.5 Å². The van der Waals surface area contributed by atoms with Crippen molar-refractivity contribution < 1.29 is 9.53 Å². The van der Waals surface area contributed by atoms with Gasteiger partial charge in [-0.1, -0.05) is 5.21 Å². The summed E-state index contributed by atoms with van der Waals surface area (Å²) in [5.41, 5.74) is 4.49. The molecule has 2 rings (SSSR count). The van der Waals surface area contributed by atoms with Crippen LogP contribution in [0.5, 0.6) is 0 Å². The van der Waals surface area contributed by atoms with E-state index >= 15 is 0 Å².